The Hall–Kier alpha value is -1.01. The van der Waals surface area contributed by atoms with Crippen molar-refractivity contribution >= 4 is 33.5 Å². The van der Waals surface area contributed by atoms with Crippen molar-refractivity contribution in [1.82, 2.24) is 0 Å². The van der Waals surface area contributed by atoms with Gasteiger partial charge in [-0.15, -0.1) is 0 Å². The minimum absolute atomic E-state index is 0.0246. The molecule has 5 nitrogen and oxygen atoms in total. The third-order valence-electron chi connectivity index (χ3n) is 9.17. The third kappa shape index (κ3) is 2.92. The summed E-state index contributed by atoms with van der Waals surface area (Å²) >= 11 is 4.09. The van der Waals surface area contributed by atoms with Crippen LogP contribution in [0.15, 0.2) is 11.6 Å². The summed E-state index contributed by atoms with van der Waals surface area (Å²) in [6.07, 6.45) is 5.67. The maximum atomic E-state index is 12.9. The summed E-state index contributed by atoms with van der Waals surface area (Å²) in [6.45, 7) is 7.71. The highest BCUT2D eigenvalue weighted by Crippen LogP contribution is 2.71. The first-order chi connectivity index (χ1) is 13.9. The first kappa shape index (κ1) is 22.2. The van der Waals surface area contributed by atoms with E-state index in [0.717, 1.165) is 25.7 Å². The maximum absolute atomic E-state index is 12.9. The van der Waals surface area contributed by atoms with Crippen LogP contribution in [-0.4, -0.2) is 39.7 Å². The quantitative estimate of drug-likeness (QED) is 0.487. The number of halogens is 1. The summed E-state index contributed by atoms with van der Waals surface area (Å²) in [5.41, 5.74) is 0.597. The predicted molar refractivity (Wildman–Crippen MR) is 116 cm³/mol. The smallest absolute Gasteiger partial charge is 0.303 e. The van der Waals surface area contributed by atoms with E-state index in [9.17, 15) is 19.5 Å². The van der Waals surface area contributed by atoms with E-state index in [4.69, 9.17) is 4.74 Å². The molecule has 0 saturated heterocycles. The molecule has 8 atom stereocenters. The second kappa shape index (κ2) is 7.26. The van der Waals surface area contributed by atoms with Crippen molar-refractivity contribution in [3.63, 3.8) is 0 Å². The summed E-state index contributed by atoms with van der Waals surface area (Å²) in [4.78, 5) is 36.3. The highest BCUT2D eigenvalue weighted by Gasteiger charge is 2.70. The SMILES string of the molecule is CC(=O)OCC(=O)[C@H]1CC[C@H]2[C@@H]3C[C@H](C)C4=CC(=O)CC[C@]4(C)[C@@]3(Br)[C@@H](O)C[C@]12C. The van der Waals surface area contributed by atoms with Crippen LogP contribution in [0.2, 0.25) is 0 Å². The van der Waals surface area contributed by atoms with Gasteiger partial charge < -0.3 is 9.84 Å². The molecule has 0 unspecified atom stereocenters. The lowest BCUT2D eigenvalue weighted by Gasteiger charge is -2.65. The van der Waals surface area contributed by atoms with E-state index in [2.05, 4.69) is 36.7 Å². The van der Waals surface area contributed by atoms with Crippen LogP contribution in [0, 0.1) is 34.5 Å². The van der Waals surface area contributed by atoms with Crippen molar-refractivity contribution in [2.75, 3.05) is 6.61 Å². The molecule has 30 heavy (non-hydrogen) atoms. The first-order valence-electron chi connectivity index (χ1n) is 11.2. The van der Waals surface area contributed by atoms with Gasteiger partial charge in [-0.3, -0.25) is 14.4 Å². The molecule has 4 aliphatic rings. The monoisotopic (exact) mass is 480 g/mol. The standard InChI is InChI=1S/C24H33BrO5/c1-13-9-19-16-5-6-17(20(28)12-30-14(2)26)22(16,3)11-21(29)24(19,25)23(4)8-7-15(27)10-18(13)23/h10,13,16-17,19,21,29H,5-9,11-12H2,1-4H3/t13-,16-,17+,19-,21-,22-,23-,24-/m0/s1. The van der Waals surface area contributed by atoms with E-state index >= 15 is 0 Å². The second-order valence-corrected chi connectivity index (χ2v) is 11.9. The minimum Gasteiger partial charge on any atom is -0.458 e. The van der Waals surface area contributed by atoms with Gasteiger partial charge in [-0.25, -0.2) is 0 Å². The van der Waals surface area contributed by atoms with Crippen LogP contribution in [0.3, 0.4) is 0 Å². The summed E-state index contributed by atoms with van der Waals surface area (Å²) in [5.74, 6) is 0.348. The molecule has 0 heterocycles. The fourth-order valence-corrected chi connectivity index (χ4v) is 8.86. The highest BCUT2D eigenvalue weighted by molar-refractivity contribution is 9.10. The van der Waals surface area contributed by atoms with Crippen LogP contribution in [0.5, 0.6) is 0 Å². The van der Waals surface area contributed by atoms with Crippen molar-refractivity contribution < 1.29 is 24.2 Å². The van der Waals surface area contributed by atoms with Crippen LogP contribution in [0.1, 0.15) is 66.2 Å². The van der Waals surface area contributed by atoms with Gasteiger partial charge in [0.1, 0.15) is 6.61 Å². The largest absolute Gasteiger partial charge is 0.458 e. The van der Waals surface area contributed by atoms with Gasteiger partial charge in [0, 0.05) is 24.7 Å². The molecule has 4 aliphatic carbocycles. The van der Waals surface area contributed by atoms with Gasteiger partial charge in [0.25, 0.3) is 0 Å². The zero-order valence-electron chi connectivity index (χ0n) is 18.4. The Morgan fingerprint density at radius 3 is 2.63 bits per heavy atom. The lowest BCUT2D eigenvalue weighted by atomic mass is 9.44. The average molecular weight is 481 g/mol. The highest BCUT2D eigenvalue weighted by atomic mass is 79.9. The number of allylic oxidation sites excluding steroid dienone is 1. The molecular weight excluding hydrogens is 448 g/mol. The number of esters is 1. The minimum atomic E-state index is -0.611. The normalized spacial score (nSPS) is 47.6. The number of hydrogen-bond donors (Lipinski definition) is 1. The number of carbonyl (C=O) groups excluding carboxylic acids is 3. The van der Waals surface area contributed by atoms with Gasteiger partial charge in [0.15, 0.2) is 11.6 Å². The molecule has 0 spiro atoms. The number of rotatable bonds is 3. The predicted octanol–water partition coefficient (Wildman–Crippen LogP) is 4.00. The summed E-state index contributed by atoms with van der Waals surface area (Å²) < 4.78 is 4.52. The average Bonchev–Trinajstić information content (AvgIpc) is 3.00. The van der Waals surface area contributed by atoms with Crippen LogP contribution in [0.4, 0.5) is 0 Å². The number of Topliss-reactive ketones (excluding diaryl/α,β-unsaturated/α-hetero) is 1. The van der Waals surface area contributed by atoms with Crippen LogP contribution < -0.4 is 0 Å². The van der Waals surface area contributed by atoms with Gasteiger partial charge in [0.2, 0.25) is 0 Å². The summed E-state index contributed by atoms with van der Waals surface area (Å²) in [7, 11) is 0. The molecule has 6 heteroatoms. The maximum Gasteiger partial charge on any atom is 0.303 e. The fraction of sp³-hybridized carbons (Fsp3) is 0.792. The lowest BCUT2D eigenvalue weighted by Crippen LogP contribution is -2.67. The molecule has 3 fully saturated rings. The van der Waals surface area contributed by atoms with Crippen molar-refractivity contribution in [3.8, 4) is 0 Å². The molecule has 1 N–H and O–H groups in total. The topological polar surface area (TPSA) is 80.7 Å². The Morgan fingerprint density at radius 1 is 1.27 bits per heavy atom. The molecule has 166 valence electrons. The second-order valence-electron chi connectivity index (χ2n) is 10.6. The molecule has 0 aliphatic heterocycles. The zero-order chi connectivity index (χ0) is 22.1. The molecule has 0 bridgehead atoms. The molecular formula is C24H33BrO5. The Bertz CT molecular complexity index is 820. The molecule has 0 aromatic rings. The number of aliphatic hydroxyl groups excluding tert-OH is 1. The number of ether oxygens (including phenoxy) is 1. The first-order valence-corrected chi connectivity index (χ1v) is 12.0. The number of fused-ring (bicyclic) bond motifs is 5. The molecule has 0 aromatic heterocycles. The fourth-order valence-electron chi connectivity index (χ4n) is 7.77. The van der Waals surface area contributed by atoms with Gasteiger partial charge in [-0.2, -0.15) is 0 Å². The Kier molecular flexibility index (Phi) is 5.37. The van der Waals surface area contributed by atoms with Gasteiger partial charge in [0.05, 0.1) is 10.4 Å². The van der Waals surface area contributed by atoms with E-state index < -0.39 is 16.4 Å². The van der Waals surface area contributed by atoms with Crippen LogP contribution in [0.25, 0.3) is 0 Å². The number of alkyl halides is 1. The van der Waals surface area contributed by atoms with E-state index in [1.807, 2.05) is 6.08 Å². The summed E-state index contributed by atoms with van der Waals surface area (Å²) in [5, 5.41) is 11.6. The summed E-state index contributed by atoms with van der Waals surface area (Å²) in [6, 6.07) is 0. The van der Waals surface area contributed by atoms with E-state index in [1.165, 1.54) is 12.5 Å². The van der Waals surface area contributed by atoms with Crippen molar-refractivity contribution in [2.45, 2.75) is 76.6 Å². The van der Waals surface area contributed by atoms with E-state index in [0.29, 0.717) is 18.8 Å². The number of aliphatic hydroxyl groups is 1. The number of hydrogen-bond acceptors (Lipinski definition) is 5. The molecule has 3 saturated carbocycles. The molecule has 0 amide bonds. The number of carbonyl (C=O) groups is 3. The van der Waals surface area contributed by atoms with Gasteiger partial charge in [-0.1, -0.05) is 42.3 Å². The van der Waals surface area contributed by atoms with E-state index in [1.54, 1.807) is 0 Å². The lowest BCUT2D eigenvalue weighted by molar-refractivity contribution is -0.151. The van der Waals surface area contributed by atoms with Gasteiger partial charge in [-0.05, 0) is 61.3 Å². The van der Waals surface area contributed by atoms with E-state index in [-0.39, 0.29) is 46.8 Å². The third-order valence-corrected chi connectivity index (χ3v) is 11.2. The molecule has 0 aromatic carbocycles. The molecule has 0 radical (unpaired) electrons. The Morgan fingerprint density at radius 2 is 1.97 bits per heavy atom. The van der Waals surface area contributed by atoms with Crippen LogP contribution >= 0.6 is 15.9 Å². The molecule has 4 rings (SSSR count). The Balaban J connectivity index is 1.70. The zero-order valence-corrected chi connectivity index (χ0v) is 20.0. The van der Waals surface area contributed by atoms with Crippen LogP contribution in [-0.2, 0) is 19.1 Å². The van der Waals surface area contributed by atoms with Gasteiger partial charge >= 0.3 is 5.97 Å². The number of ketones is 2. The Labute approximate surface area is 187 Å². The van der Waals surface area contributed by atoms with Crippen molar-refractivity contribution in [2.24, 2.45) is 34.5 Å². The van der Waals surface area contributed by atoms with Crippen molar-refractivity contribution in [3.05, 3.63) is 11.6 Å². The van der Waals surface area contributed by atoms with Crippen molar-refractivity contribution in [1.29, 1.82) is 0 Å².